The number of pyridine rings is 1. The van der Waals surface area contributed by atoms with Gasteiger partial charge in [0, 0.05) is 54.4 Å². The number of amidine groups is 1. The van der Waals surface area contributed by atoms with Crippen LogP contribution >= 0.6 is 11.6 Å². The highest BCUT2D eigenvalue weighted by Gasteiger charge is 2.41. The van der Waals surface area contributed by atoms with Crippen LogP contribution in [0, 0.1) is 5.41 Å². The van der Waals surface area contributed by atoms with Crippen molar-refractivity contribution in [3.8, 4) is 16.9 Å². The molecule has 9 nitrogen and oxygen atoms in total. The van der Waals surface area contributed by atoms with Gasteiger partial charge in [-0.25, -0.2) is 9.51 Å². The second kappa shape index (κ2) is 10.5. The molecule has 39 heavy (non-hydrogen) atoms. The molecule has 1 aliphatic carbocycles. The lowest BCUT2D eigenvalue weighted by atomic mass is 9.84. The Hall–Kier alpha value is -3.66. The quantitative estimate of drug-likeness (QED) is 0.194. The zero-order chi connectivity index (χ0) is 27.9. The summed E-state index contributed by atoms with van der Waals surface area (Å²) in [4.78, 5) is 11.2. The molecule has 2 atom stereocenters. The van der Waals surface area contributed by atoms with Crippen molar-refractivity contribution in [2.24, 2.45) is 21.9 Å². The third-order valence-electron chi connectivity index (χ3n) is 7.65. The number of aromatic hydroxyl groups is 1. The number of benzene rings is 1. The van der Waals surface area contributed by atoms with Crippen LogP contribution in [0.25, 0.3) is 16.6 Å². The van der Waals surface area contributed by atoms with Gasteiger partial charge in [-0.2, -0.15) is 5.10 Å². The predicted octanol–water partition coefficient (Wildman–Crippen LogP) is 4.78. The molecule has 1 aliphatic rings. The average Bonchev–Trinajstić information content (AvgIpc) is 3.42. The number of phenols is 1. The molecule has 3 heterocycles. The molecule has 6 N–H and O–H groups in total. The van der Waals surface area contributed by atoms with Gasteiger partial charge >= 0.3 is 0 Å². The molecule has 1 saturated carbocycles. The van der Waals surface area contributed by atoms with E-state index in [1.807, 2.05) is 37.2 Å². The lowest BCUT2D eigenvalue weighted by molar-refractivity contribution is 0.308. The van der Waals surface area contributed by atoms with Crippen molar-refractivity contribution in [1.29, 1.82) is 0 Å². The Bertz CT molecular complexity index is 1540. The number of halogens is 1. The largest absolute Gasteiger partial charge is 0.508 e. The van der Waals surface area contributed by atoms with Crippen LogP contribution < -0.4 is 16.8 Å². The molecule has 1 fully saturated rings. The Morgan fingerprint density at radius 2 is 1.97 bits per heavy atom. The Kier molecular flexibility index (Phi) is 7.24. The standard InChI is InChI=1S/C29H35ClN8O/c1-29(2)25(31)7-8-26(29)36-27-21(28(32)35-23-6-5-20(39)11-22(23)30)14-34-38-16-19(10-24(27)38)18-9-17(12-33-13-18)15-37(3)4/h5-6,9-14,16,25-26,36,39H,7-8,15,31H2,1-4H3,(H2,32,35). The van der Waals surface area contributed by atoms with Gasteiger partial charge in [0.05, 0.1) is 33.7 Å². The topological polar surface area (TPSA) is 130 Å². The van der Waals surface area contributed by atoms with Crippen LogP contribution in [0.1, 0.15) is 37.8 Å². The number of fused-ring (bicyclic) bond motifs is 1. The summed E-state index contributed by atoms with van der Waals surface area (Å²) in [6.07, 6.45) is 9.34. The van der Waals surface area contributed by atoms with E-state index < -0.39 is 0 Å². The molecule has 3 aromatic heterocycles. The number of aliphatic imine (C=N–C) groups is 1. The van der Waals surface area contributed by atoms with Gasteiger partial charge in [-0.1, -0.05) is 25.4 Å². The van der Waals surface area contributed by atoms with Crippen LogP contribution in [-0.4, -0.2) is 56.6 Å². The molecule has 1 aromatic carbocycles. The SMILES string of the molecule is CN(C)Cc1cncc(-c2cc3c(NC4CCC(N)C4(C)C)c(C(N)=Nc4ccc(O)cc4Cl)cnn3c2)c1. The van der Waals surface area contributed by atoms with Gasteiger partial charge in [0.15, 0.2) is 0 Å². The number of phenolic OH excluding ortho intramolecular Hbond substituents is 1. The number of nitrogens with zero attached hydrogens (tertiary/aromatic N) is 5. The van der Waals surface area contributed by atoms with Crippen LogP contribution in [0.5, 0.6) is 5.75 Å². The first kappa shape index (κ1) is 26.9. The van der Waals surface area contributed by atoms with Gasteiger partial charge in [-0.15, -0.1) is 0 Å². The van der Waals surface area contributed by atoms with E-state index in [1.165, 1.54) is 12.1 Å². The molecule has 204 valence electrons. The van der Waals surface area contributed by atoms with Crippen LogP contribution in [-0.2, 0) is 6.54 Å². The Morgan fingerprint density at radius 1 is 1.18 bits per heavy atom. The summed E-state index contributed by atoms with van der Waals surface area (Å²) in [6, 6.07) is 9.06. The second-order valence-electron chi connectivity index (χ2n) is 11.1. The molecule has 0 aliphatic heterocycles. The zero-order valence-corrected chi connectivity index (χ0v) is 23.4. The van der Waals surface area contributed by atoms with Gasteiger partial charge in [-0.3, -0.25) is 4.98 Å². The van der Waals surface area contributed by atoms with Crippen molar-refractivity contribution >= 4 is 34.3 Å². The third kappa shape index (κ3) is 5.43. The van der Waals surface area contributed by atoms with E-state index in [-0.39, 0.29) is 29.1 Å². The first-order chi connectivity index (χ1) is 18.5. The van der Waals surface area contributed by atoms with Crippen LogP contribution in [0.2, 0.25) is 5.02 Å². The normalized spacial score (nSPS) is 19.2. The number of hydrogen-bond acceptors (Lipinski definition) is 7. The summed E-state index contributed by atoms with van der Waals surface area (Å²) in [5.74, 6) is 0.324. The van der Waals surface area contributed by atoms with Crippen molar-refractivity contribution in [2.75, 3.05) is 19.4 Å². The Balaban J connectivity index is 1.63. The summed E-state index contributed by atoms with van der Waals surface area (Å²) < 4.78 is 1.85. The highest BCUT2D eigenvalue weighted by Crippen LogP contribution is 2.40. The molecular formula is C29H35ClN8O. The van der Waals surface area contributed by atoms with E-state index in [2.05, 4.69) is 51.3 Å². The molecule has 5 rings (SSSR count). The fourth-order valence-electron chi connectivity index (χ4n) is 5.22. The fraction of sp³-hybridized carbons (Fsp3) is 0.345. The number of aromatic nitrogens is 3. The molecule has 0 radical (unpaired) electrons. The maximum atomic E-state index is 9.73. The van der Waals surface area contributed by atoms with Crippen LogP contribution in [0.3, 0.4) is 0 Å². The first-order valence-corrected chi connectivity index (χ1v) is 13.4. The van der Waals surface area contributed by atoms with E-state index >= 15 is 0 Å². The summed E-state index contributed by atoms with van der Waals surface area (Å²) >= 11 is 6.32. The minimum Gasteiger partial charge on any atom is -0.508 e. The van der Waals surface area contributed by atoms with E-state index in [0.717, 1.165) is 47.3 Å². The van der Waals surface area contributed by atoms with Crippen molar-refractivity contribution in [3.63, 3.8) is 0 Å². The molecule has 10 heteroatoms. The highest BCUT2D eigenvalue weighted by atomic mass is 35.5. The van der Waals surface area contributed by atoms with Gasteiger partial charge in [0.1, 0.15) is 11.6 Å². The number of nitrogens with two attached hydrogens (primary N) is 2. The predicted molar refractivity (Wildman–Crippen MR) is 158 cm³/mol. The van der Waals surface area contributed by atoms with E-state index in [9.17, 15) is 5.11 Å². The molecule has 0 amide bonds. The van der Waals surface area contributed by atoms with Crippen molar-refractivity contribution in [1.82, 2.24) is 19.5 Å². The lowest BCUT2D eigenvalue weighted by Gasteiger charge is -2.32. The molecule has 0 saturated heterocycles. The first-order valence-electron chi connectivity index (χ1n) is 13.0. The second-order valence-corrected chi connectivity index (χ2v) is 11.6. The Labute approximate surface area is 233 Å². The molecule has 0 spiro atoms. The van der Waals surface area contributed by atoms with Crippen molar-refractivity contribution < 1.29 is 5.11 Å². The Morgan fingerprint density at radius 3 is 2.67 bits per heavy atom. The number of nitrogens with one attached hydrogen (secondary N) is 1. The molecule has 0 bridgehead atoms. The van der Waals surface area contributed by atoms with Gasteiger partial charge in [0.25, 0.3) is 0 Å². The smallest absolute Gasteiger partial charge is 0.135 e. The maximum Gasteiger partial charge on any atom is 0.135 e. The monoisotopic (exact) mass is 546 g/mol. The van der Waals surface area contributed by atoms with Gasteiger partial charge in [0.2, 0.25) is 0 Å². The summed E-state index contributed by atoms with van der Waals surface area (Å²) in [7, 11) is 4.08. The number of anilines is 1. The van der Waals surface area contributed by atoms with E-state index in [0.29, 0.717) is 16.3 Å². The summed E-state index contributed by atoms with van der Waals surface area (Å²) in [5.41, 5.74) is 18.9. The molecule has 2 unspecified atom stereocenters. The van der Waals surface area contributed by atoms with Crippen LogP contribution in [0.15, 0.2) is 60.1 Å². The van der Waals surface area contributed by atoms with E-state index in [4.69, 9.17) is 23.1 Å². The number of rotatable bonds is 7. The summed E-state index contributed by atoms with van der Waals surface area (Å²) in [5, 5.41) is 18.5. The third-order valence-corrected chi connectivity index (χ3v) is 7.95. The van der Waals surface area contributed by atoms with Crippen molar-refractivity contribution in [2.45, 2.75) is 45.3 Å². The molecular weight excluding hydrogens is 512 g/mol. The van der Waals surface area contributed by atoms with Gasteiger partial charge in [-0.05, 0) is 62.2 Å². The highest BCUT2D eigenvalue weighted by molar-refractivity contribution is 6.33. The number of hydrogen-bond donors (Lipinski definition) is 4. The maximum absolute atomic E-state index is 9.73. The van der Waals surface area contributed by atoms with Gasteiger partial charge < -0.3 is 26.8 Å². The zero-order valence-electron chi connectivity index (χ0n) is 22.7. The minimum absolute atomic E-state index is 0.0626. The minimum atomic E-state index is -0.121. The molecule has 4 aromatic rings. The van der Waals surface area contributed by atoms with Crippen LogP contribution in [0.4, 0.5) is 11.4 Å². The fourth-order valence-corrected chi connectivity index (χ4v) is 5.43. The summed E-state index contributed by atoms with van der Waals surface area (Å²) in [6.45, 7) is 5.19. The average molecular weight is 547 g/mol. The lowest BCUT2D eigenvalue weighted by Crippen LogP contribution is -2.42. The van der Waals surface area contributed by atoms with Crippen molar-refractivity contribution in [3.05, 3.63) is 71.3 Å². The van der Waals surface area contributed by atoms with E-state index in [1.54, 1.807) is 12.3 Å².